The van der Waals surface area contributed by atoms with E-state index in [2.05, 4.69) is 0 Å². The number of halogens is 2. The quantitative estimate of drug-likeness (QED) is 0.893. The standard InChI is InChI=1S/C12H14F2N2O2S/c1-6(10-8(13)4-3-5-9(10)14)19-7(2)11(17)16-12(15)18/h3-7H,1-2H3,(H3,15,16,17,18). The van der Waals surface area contributed by atoms with E-state index in [0.717, 1.165) is 23.9 Å². The predicted molar refractivity (Wildman–Crippen MR) is 69.6 cm³/mol. The van der Waals surface area contributed by atoms with Gasteiger partial charge in [-0.25, -0.2) is 13.6 Å². The molecule has 1 aromatic carbocycles. The monoisotopic (exact) mass is 288 g/mol. The Morgan fingerprint density at radius 1 is 1.26 bits per heavy atom. The Morgan fingerprint density at radius 3 is 2.26 bits per heavy atom. The summed E-state index contributed by atoms with van der Waals surface area (Å²) in [6.07, 6.45) is 0. The van der Waals surface area contributed by atoms with Crippen molar-refractivity contribution < 1.29 is 18.4 Å². The Labute approximate surface area is 113 Å². The number of urea groups is 1. The van der Waals surface area contributed by atoms with Gasteiger partial charge in [0, 0.05) is 10.8 Å². The molecule has 2 unspecified atom stereocenters. The minimum Gasteiger partial charge on any atom is -0.351 e. The van der Waals surface area contributed by atoms with E-state index < -0.39 is 34.1 Å². The van der Waals surface area contributed by atoms with Crippen molar-refractivity contribution in [1.29, 1.82) is 0 Å². The van der Waals surface area contributed by atoms with E-state index in [1.54, 1.807) is 6.92 Å². The Morgan fingerprint density at radius 2 is 1.79 bits per heavy atom. The van der Waals surface area contributed by atoms with E-state index in [4.69, 9.17) is 5.73 Å². The maximum absolute atomic E-state index is 13.5. The molecule has 0 saturated carbocycles. The molecule has 0 fully saturated rings. The highest BCUT2D eigenvalue weighted by molar-refractivity contribution is 8.00. The molecule has 0 spiro atoms. The lowest BCUT2D eigenvalue weighted by molar-refractivity contribution is -0.119. The molecule has 2 atom stereocenters. The molecule has 104 valence electrons. The fraction of sp³-hybridized carbons (Fsp3) is 0.333. The number of nitrogens with one attached hydrogen (secondary N) is 1. The van der Waals surface area contributed by atoms with E-state index in [-0.39, 0.29) is 5.56 Å². The highest BCUT2D eigenvalue weighted by Crippen LogP contribution is 2.34. The van der Waals surface area contributed by atoms with Gasteiger partial charge in [-0.3, -0.25) is 10.1 Å². The van der Waals surface area contributed by atoms with Crippen LogP contribution in [-0.2, 0) is 4.79 Å². The molecule has 0 saturated heterocycles. The Kier molecular flexibility index (Phi) is 5.29. The van der Waals surface area contributed by atoms with Gasteiger partial charge >= 0.3 is 6.03 Å². The zero-order valence-corrected chi connectivity index (χ0v) is 11.3. The molecule has 1 rings (SSSR count). The molecule has 0 aliphatic rings. The number of nitrogens with two attached hydrogens (primary N) is 1. The summed E-state index contributed by atoms with van der Waals surface area (Å²) in [5, 5.41) is 0.681. The van der Waals surface area contributed by atoms with Crippen LogP contribution in [0, 0.1) is 11.6 Å². The number of imide groups is 1. The molecule has 0 aliphatic carbocycles. The number of benzene rings is 1. The summed E-state index contributed by atoms with van der Waals surface area (Å²) in [4.78, 5) is 22.0. The number of rotatable bonds is 4. The number of primary amides is 1. The van der Waals surface area contributed by atoms with Crippen LogP contribution >= 0.6 is 11.8 Å². The van der Waals surface area contributed by atoms with E-state index in [1.807, 2.05) is 5.32 Å². The average Bonchev–Trinajstić information content (AvgIpc) is 2.27. The molecule has 19 heavy (non-hydrogen) atoms. The molecule has 3 N–H and O–H groups in total. The van der Waals surface area contributed by atoms with Gasteiger partial charge in [0.25, 0.3) is 0 Å². The first-order valence-electron chi connectivity index (χ1n) is 5.52. The van der Waals surface area contributed by atoms with Crippen molar-refractivity contribution in [2.24, 2.45) is 5.73 Å². The first-order valence-corrected chi connectivity index (χ1v) is 6.47. The number of thioether (sulfide) groups is 1. The number of carbonyl (C=O) groups excluding carboxylic acids is 2. The normalized spacial score (nSPS) is 13.7. The van der Waals surface area contributed by atoms with Crippen LogP contribution in [0.1, 0.15) is 24.7 Å². The van der Waals surface area contributed by atoms with Crippen LogP contribution in [0.2, 0.25) is 0 Å². The van der Waals surface area contributed by atoms with Crippen molar-refractivity contribution in [2.45, 2.75) is 24.3 Å². The third-order valence-electron chi connectivity index (χ3n) is 2.43. The van der Waals surface area contributed by atoms with Gasteiger partial charge in [-0.2, -0.15) is 0 Å². The van der Waals surface area contributed by atoms with Crippen LogP contribution in [-0.4, -0.2) is 17.2 Å². The van der Waals surface area contributed by atoms with Crippen LogP contribution in [0.4, 0.5) is 13.6 Å². The minimum absolute atomic E-state index is 0.0915. The number of amides is 3. The summed E-state index contributed by atoms with van der Waals surface area (Å²) in [6, 6.07) is 2.63. The maximum atomic E-state index is 13.5. The molecular formula is C12H14F2N2O2S. The van der Waals surface area contributed by atoms with Crippen LogP contribution < -0.4 is 11.1 Å². The van der Waals surface area contributed by atoms with E-state index in [0.29, 0.717) is 0 Å². The Hall–Kier alpha value is -1.63. The fourth-order valence-electron chi connectivity index (χ4n) is 1.56. The average molecular weight is 288 g/mol. The maximum Gasteiger partial charge on any atom is 0.318 e. The van der Waals surface area contributed by atoms with E-state index in [1.165, 1.54) is 13.0 Å². The summed E-state index contributed by atoms with van der Waals surface area (Å²) in [7, 11) is 0. The molecule has 0 aromatic heterocycles. The number of hydrogen-bond donors (Lipinski definition) is 2. The van der Waals surface area contributed by atoms with Crippen LogP contribution in [0.5, 0.6) is 0 Å². The molecule has 0 aliphatic heterocycles. The molecule has 3 amide bonds. The van der Waals surface area contributed by atoms with Crippen molar-refractivity contribution >= 4 is 23.7 Å². The van der Waals surface area contributed by atoms with Gasteiger partial charge < -0.3 is 5.73 Å². The highest BCUT2D eigenvalue weighted by atomic mass is 32.2. The smallest absolute Gasteiger partial charge is 0.318 e. The Balaban J connectivity index is 2.77. The third-order valence-corrected chi connectivity index (χ3v) is 3.70. The van der Waals surface area contributed by atoms with Gasteiger partial charge in [-0.15, -0.1) is 11.8 Å². The molecule has 0 bridgehead atoms. The lowest BCUT2D eigenvalue weighted by Crippen LogP contribution is -2.39. The Bertz CT molecular complexity index is 476. The molecule has 1 aromatic rings. The van der Waals surface area contributed by atoms with Crippen LogP contribution in [0.25, 0.3) is 0 Å². The first kappa shape index (κ1) is 15.4. The van der Waals surface area contributed by atoms with E-state index >= 15 is 0 Å². The van der Waals surface area contributed by atoms with Crippen LogP contribution in [0.3, 0.4) is 0 Å². The zero-order valence-electron chi connectivity index (χ0n) is 10.4. The van der Waals surface area contributed by atoms with Gasteiger partial charge in [0.2, 0.25) is 5.91 Å². The largest absolute Gasteiger partial charge is 0.351 e. The van der Waals surface area contributed by atoms with Crippen molar-refractivity contribution in [1.82, 2.24) is 5.32 Å². The zero-order chi connectivity index (χ0) is 14.6. The lowest BCUT2D eigenvalue weighted by Gasteiger charge is -2.17. The summed E-state index contributed by atoms with van der Waals surface area (Å²) >= 11 is 1.03. The summed E-state index contributed by atoms with van der Waals surface area (Å²) < 4.78 is 27.1. The fourth-order valence-corrected chi connectivity index (χ4v) is 2.71. The lowest BCUT2D eigenvalue weighted by atomic mass is 10.1. The van der Waals surface area contributed by atoms with Crippen molar-refractivity contribution in [3.05, 3.63) is 35.4 Å². The van der Waals surface area contributed by atoms with Gasteiger partial charge in [-0.05, 0) is 26.0 Å². The van der Waals surface area contributed by atoms with Gasteiger partial charge in [-0.1, -0.05) is 6.07 Å². The number of hydrogen-bond acceptors (Lipinski definition) is 3. The SMILES string of the molecule is CC(SC(C)c1c(F)cccc1F)C(=O)NC(N)=O. The predicted octanol–water partition coefficient (Wildman–Crippen LogP) is 2.34. The summed E-state index contributed by atoms with van der Waals surface area (Å²) in [5.74, 6) is -1.92. The molecule has 4 nitrogen and oxygen atoms in total. The van der Waals surface area contributed by atoms with Crippen molar-refractivity contribution in [3.63, 3.8) is 0 Å². The molecule has 0 heterocycles. The molecular weight excluding hydrogens is 274 g/mol. The van der Waals surface area contributed by atoms with Crippen LogP contribution in [0.15, 0.2) is 18.2 Å². The van der Waals surface area contributed by atoms with Gasteiger partial charge in [0.1, 0.15) is 11.6 Å². The summed E-state index contributed by atoms with van der Waals surface area (Å²) in [6.45, 7) is 3.11. The van der Waals surface area contributed by atoms with Crippen molar-refractivity contribution in [3.8, 4) is 0 Å². The first-order chi connectivity index (χ1) is 8.82. The van der Waals surface area contributed by atoms with Gasteiger partial charge in [0.05, 0.1) is 5.25 Å². The summed E-state index contributed by atoms with van der Waals surface area (Å²) in [5.41, 5.74) is 4.73. The second-order valence-corrected chi connectivity index (χ2v) is 5.60. The molecule has 7 heteroatoms. The highest BCUT2D eigenvalue weighted by Gasteiger charge is 2.22. The minimum atomic E-state index is -0.956. The second-order valence-electron chi connectivity index (χ2n) is 3.91. The number of carbonyl (C=O) groups is 2. The van der Waals surface area contributed by atoms with E-state index in [9.17, 15) is 18.4 Å². The van der Waals surface area contributed by atoms with Crippen molar-refractivity contribution in [2.75, 3.05) is 0 Å². The molecule has 0 radical (unpaired) electrons. The third kappa shape index (κ3) is 4.20. The second kappa shape index (κ2) is 6.51. The van der Waals surface area contributed by atoms with Gasteiger partial charge in [0.15, 0.2) is 0 Å². The topological polar surface area (TPSA) is 72.2 Å².